The molecule has 0 saturated heterocycles. The molecule has 0 aliphatic heterocycles. The number of hydrogen-bond donors (Lipinski definition) is 2. The first kappa shape index (κ1) is 16.1. The summed E-state index contributed by atoms with van der Waals surface area (Å²) < 4.78 is 0. The van der Waals surface area contributed by atoms with Gasteiger partial charge in [-0.25, -0.2) is 4.79 Å². The van der Waals surface area contributed by atoms with Crippen LogP contribution in [0.2, 0.25) is 0 Å². The van der Waals surface area contributed by atoms with E-state index in [1.165, 1.54) is 11.1 Å². The maximum Gasteiger partial charge on any atom is 0.315 e. The molecule has 0 aliphatic rings. The Labute approximate surface area is 132 Å². The van der Waals surface area contributed by atoms with Crippen LogP contribution in [-0.2, 0) is 13.0 Å². The van der Waals surface area contributed by atoms with Gasteiger partial charge in [0.2, 0.25) is 0 Å². The third-order valence-electron chi connectivity index (χ3n) is 3.81. The van der Waals surface area contributed by atoms with Gasteiger partial charge in [0.25, 0.3) is 0 Å². The molecular weight excluding hydrogens is 272 g/mol. The zero-order valence-corrected chi connectivity index (χ0v) is 13.5. The first-order valence-electron chi connectivity index (χ1n) is 7.77. The third kappa shape index (κ3) is 4.62. The van der Waals surface area contributed by atoms with Gasteiger partial charge in [0, 0.05) is 6.54 Å². The second-order valence-corrected chi connectivity index (χ2v) is 5.63. The fourth-order valence-corrected chi connectivity index (χ4v) is 2.26. The summed E-state index contributed by atoms with van der Waals surface area (Å²) in [5.41, 5.74) is 4.74. The number of carbonyl (C=O) groups excluding carboxylic acids is 1. The highest BCUT2D eigenvalue weighted by atomic mass is 16.2. The Bertz CT molecular complexity index is 602. The molecule has 0 aromatic heterocycles. The second kappa shape index (κ2) is 7.64. The van der Waals surface area contributed by atoms with Crippen molar-refractivity contribution in [2.24, 2.45) is 0 Å². The van der Waals surface area contributed by atoms with Crippen molar-refractivity contribution in [3.8, 4) is 0 Å². The van der Waals surface area contributed by atoms with E-state index in [1.54, 1.807) is 0 Å². The minimum Gasteiger partial charge on any atom is -0.334 e. The molecule has 2 aromatic carbocycles. The minimum atomic E-state index is -0.146. The lowest BCUT2D eigenvalue weighted by Crippen LogP contribution is -2.36. The van der Waals surface area contributed by atoms with Gasteiger partial charge in [0.05, 0.1) is 6.04 Å². The molecule has 2 N–H and O–H groups in total. The summed E-state index contributed by atoms with van der Waals surface area (Å²) >= 11 is 0. The fraction of sp³-hybridized carbons (Fsp3) is 0.316. The molecule has 0 spiro atoms. The average Bonchev–Trinajstić information content (AvgIpc) is 2.54. The van der Waals surface area contributed by atoms with Gasteiger partial charge in [0.15, 0.2) is 0 Å². The van der Waals surface area contributed by atoms with Gasteiger partial charge in [-0.1, -0.05) is 61.0 Å². The van der Waals surface area contributed by atoms with Crippen LogP contribution in [0.15, 0.2) is 48.5 Å². The van der Waals surface area contributed by atoms with Crippen LogP contribution in [0, 0.1) is 6.92 Å². The topological polar surface area (TPSA) is 41.1 Å². The molecule has 3 heteroatoms. The van der Waals surface area contributed by atoms with Crippen LogP contribution in [0.3, 0.4) is 0 Å². The molecule has 1 unspecified atom stereocenters. The van der Waals surface area contributed by atoms with Gasteiger partial charge in [-0.05, 0) is 37.0 Å². The van der Waals surface area contributed by atoms with Gasteiger partial charge in [0.1, 0.15) is 0 Å². The number of rotatable bonds is 5. The summed E-state index contributed by atoms with van der Waals surface area (Å²) in [6.45, 7) is 6.71. The number of carbonyl (C=O) groups is 1. The van der Waals surface area contributed by atoms with Crippen molar-refractivity contribution in [1.29, 1.82) is 0 Å². The fourth-order valence-electron chi connectivity index (χ4n) is 2.26. The zero-order valence-electron chi connectivity index (χ0n) is 13.5. The lowest BCUT2D eigenvalue weighted by Gasteiger charge is -2.15. The molecule has 22 heavy (non-hydrogen) atoms. The first-order valence-corrected chi connectivity index (χ1v) is 7.77. The molecule has 0 heterocycles. The van der Waals surface area contributed by atoms with E-state index < -0.39 is 0 Å². The van der Waals surface area contributed by atoms with E-state index >= 15 is 0 Å². The Balaban J connectivity index is 1.83. The van der Waals surface area contributed by atoms with Crippen molar-refractivity contribution in [3.05, 3.63) is 70.8 Å². The number of nitrogens with one attached hydrogen (secondary N) is 2. The Morgan fingerprint density at radius 3 is 2.18 bits per heavy atom. The van der Waals surface area contributed by atoms with Gasteiger partial charge in [-0.2, -0.15) is 0 Å². The summed E-state index contributed by atoms with van der Waals surface area (Å²) in [5.74, 6) is 0. The number of benzene rings is 2. The quantitative estimate of drug-likeness (QED) is 0.856. The highest BCUT2D eigenvalue weighted by Gasteiger charge is 2.09. The SMILES string of the molecule is CCc1ccc(C(C)NC(=O)NCc2ccc(C)cc2)cc1. The Morgan fingerprint density at radius 1 is 1.00 bits per heavy atom. The molecule has 116 valence electrons. The number of urea groups is 1. The van der Waals surface area contributed by atoms with Crippen molar-refractivity contribution >= 4 is 6.03 Å². The van der Waals surface area contributed by atoms with Crippen molar-refractivity contribution in [2.45, 2.75) is 39.8 Å². The van der Waals surface area contributed by atoms with E-state index in [0.717, 1.165) is 17.5 Å². The van der Waals surface area contributed by atoms with Crippen LogP contribution in [-0.4, -0.2) is 6.03 Å². The zero-order chi connectivity index (χ0) is 15.9. The summed E-state index contributed by atoms with van der Waals surface area (Å²) in [5, 5.41) is 5.86. The van der Waals surface area contributed by atoms with E-state index in [2.05, 4.69) is 48.7 Å². The predicted molar refractivity (Wildman–Crippen MR) is 90.8 cm³/mol. The molecule has 2 rings (SSSR count). The van der Waals surface area contributed by atoms with Crippen LogP contribution in [0.25, 0.3) is 0 Å². The number of amides is 2. The van der Waals surface area contributed by atoms with Gasteiger partial charge in [-0.3, -0.25) is 0 Å². The molecule has 0 bridgehead atoms. The Morgan fingerprint density at radius 2 is 1.59 bits per heavy atom. The highest BCUT2D eigenvalue weighted by molar-refractivity contribution is 5.74. The summed E-state index contributed by atoms with van der Waals surface area (Å²) in [6, 6.07) is 16.4. The molecule has 0 radical (unpaired) electrons. The lowest BCUT2D eigenvalue weighted by atomic mass is 10.1. The van der Waals surface area contributed by atoms with Crippen molar-refractivity contribution in [1.82, 2.24) is 10.6 Å². The average molecular weight is 296 g/mol. The van der Waals surface area contributed by atoms with Gasteiger partial charge < -0.3 is 10.6 Å². The van der Waals surface area contributed by atoms with Crippen LogP contribution in [0.4, 0.5) is 4.79 Å². The summed E-state index contributed by atoms with van der Waals surface area (Å²) in [6.07, 6.45) is 1.03. The van der Waals surface area contributed by atoms with E-state index in [-0.39, 0.29) is 12.1 Å². The summed E-state index contributed by atoms with van der Waals surface area (Å²) in [7, 11) is 0. The Hall–Kier alpha value is -2.29. The molecule has 0 fully saturated rings. The predicted octanol–water partition coefficient (Wildman–Crippen LogP) is 4.12. The van der Waals surface area contributed by atoms with Crippen LogP contribution < -0.4 is 10.6 Å². The van der Waals surface area contributed by atoms with Crippen LogP contribution in [0.1, 0.15) is 42.1 Å². The molecule has 2 amide bonds. The van der Waals surface area contributed by atoms with Crippen molar-refractivity contribution < 1.29 is 4.79 Å². The number of hydrogen-bond acceptors (Lipinski definition) is 1. The molecule has 0 aliphatic carbocycles. The maximum absolute atomic E-state index is 12.0. The molecule has 1 atom stereocenters. The molecule has 2 aromatic rings. The third-order valence-corrected chi connectivity index (χ3v) is 3.81. The lowest BCUT2D eigenvalue weighted by molar-refractivity contribution is 0.237. The minimum absolute atomic E-state index is 0.0103. The van der Waals surface area contributed by atoms with E-state index in [0.29, 0.717) is 6.54 Å². The monoisotopic (exact) mass is 296 g/mol. The van der Waals surface area contributed by atoms with Gasteiger partial charge in [-0.15, -0.1) is 0 Å². The van der Waals surface area contributed by atoms with Crippen molar-refractivity contribution in [3.63, 3.8) is 0 Å². The maximum atomic E-state index is 12.0. The first-order chi connectivity index (χ1) is 10.6. The summed E-state index contributed by atoms with van der Waals surface area (Å²) in [4.78, 5) is 12.0. The standard InChI is InChI=1S/C19H24N2O/c1-4-16-9-11-18(12-10-16)15(3)21-19(22)20-13-17-7-5-14(2)6-8-17/h5-12,15H,4,13H2,1-3H3,(H2,20,21,22). The van der Waals surface area contributed by atoms with Gasteiger partial charge >= 0.3 is 6.03 Å². The van der Waals surface area contributed by atoms with Crippen LogP contribution in [0.5, 0.6) is 0 Å². The van der Waals surface area contributed by atoms with E-state index in [4.69, 9.17) is 0 Å². The van der Waals surface area contributed by atoms with Crippen LogP contribution >= 0.6 is 0 Å². The van der Waals surface area contributed by atoms with E-state index in [1.807, 2.05) is 31.2 Å². The molecular formula is C19H24N2O. The van der Waals surface area contributed by atoms with E-state index in [9.17, 15) is 4.79 Å². The second-order valence-electron chi connectivity index (χ2n) is 5.63. The highest BCUT2D eigenvalue weighted by Crippen LogP contribution is 2.13. The Kier molecular flexibility index (Phi) is 5.59. The largest absolute Gasteiger partial charge is 0.334 e. The normalized spacial score (nSPS) is 11.8. The smallest absolute Gasteiger partial charge is 0.315 e. The van der Waals surface area contributed by atoms with Crippen molar-refractivity contribution in [2.75, 3.05) is 0 Å². The molecule has 3 nitrogen and oxygen atoms in total. The number of aryl methyl sites for hydroxylation is 2. The molecule has 0 saturated carbocycles.